The van der Waals surface area contributed by atoms with E-state index in [9.17, 15) is 0 Å². The molecule has 1 heterocycles. The Bertz CT molecular complexity index is 690. The van der Waals surface area contributed by atoms with Gasteiger partial charge in [0.05, 0.1) is 19.3 Å². The lowest BCUT2D eigenvalue weighted by Gasteiger charge is -2.13. The van der Waals surface area contributed by atoms with Crippen LogP contribution < -0.4 is 15.4 Å². The molecule has 0 amide bonds. The number of hydrogen-bond acceptors (Lipinski definition) is 4. The molecule has 1 aromatic carbocycles. The lowest BCUT2D eigenvalue weighted by atomic mass is 10.2. The van der Waals surface area contributed by atoms with E-state index < -0.39 is 0 Å². The number of aromatic nitrogens is 2. The zero-order valence-electron chi connectivity index (χ0n) is 16.8. The minimum atomic E-state index is 0.591. The molecule has 0 aliphatic heterocycles. The molecule has 0 radical (unpaired) electrons. The Morgan fingerprint density at radius 1 is 1.19 bits per heavy atom. The van der Waals surface area contributed by atoms with Gasteiger partial charge in [-0.3, -0.25) is 5.10 Å². The second-order valence-electron chi connectivity index (χ2n) is 6.26. The molecular weight excluding hydrogens is 342 g/mol. The highest BCUT2D eigenvalue weighted by atomic mass is 16.5. The second kappa shape index (κ2) is 11.2. The highest BCUT2D eigenvalue weighted by molar-refractivity contribution is 5.79. The van der Waals surface area contributed by atoms with Crippen LogP contribution in [0.3, 0.4) is 0 Å². The smallest absolute Gasteiger partial charge is 0.191 e. The summed E-state index contributed by atoms with van der Waals surface area (Å²) in [6.45, 7) is 9.60. The molecule has 0 aliphatic carbocycles. The highest BCUT2D eigenvalue weighted by Crippen LogP contribution is 2.12. The van der Waals surface area contributed by atoms with Crippen LogP contribution in [0.25, 0.3) is 0 Å². The summed E-state index contributed by atoms with van der Waals surface area (Å²) < 4.78 is 10.6. The van der Waals surface area contributed by atoms with E-state index in [-0.39, 0.29) is 0 Å². The topological polar surface area (TPSA) is 83.6 Å². The predicted molar refractivity (Wildman–Crippen MR) is 108 cm³/mol. The Labute approximate surface area is 161 Å². The first-order valence-corrected chi connectivity index (χ1v) is 9.37. The van der Waals surface area contributed by atoms with E-state index in [0.717, 1.165) is 54.8 Å². The number of hydrogen-bond donors (Lipinski definition) is 3. The molecule has 0 atom stereocenters. The zero-order chi connectivity index (χ0) is 19.5. The number of nitrogens with zero attached hydrogens (tertiary/aromatic N) is 2. The summed E-state index contributed by atoms with van der Waals surface area (Å²) in [7, 11) is 1.67. The average Bonchev–Trinajstić information content (AvgIpc) is 3.01. The van der Waals surface area contributed by atoms with Gasteiger partial charge in [0.2, 0.25) is 0 Å². The van der Waals surface area contributed by atoms with Crippen LogP contribution in [0.15, 0.2) is 29.3 Å². The predicted octanol–water partition coefficient (Wildman–Crippen LogP) is 2.70. The Hall–Kier alpha value is -2.54. The molecular formula is C20H31N5O2. The minimum absolute atomic E-state index is 0.591. The van der Waals surface area contributed by atoms with Gasteiger partial charge in [-0.2, -0.15) is 5.10 Å². The monoisotopic (exact) mass is 373 g/mol. The van der Waals surface area contributed by atoms with E-state index in [1.165, 1.54) is 5.56 Å². The van der Waals surface area contributed by atoms with Crippen LogP contribution in [0.4, 0.5) is 0 Å². The maximum atomic E-state index is 5.39. The van der Waals surface area contributed by atoms with Gasteiger partial charge in [0, 0.05) is 37.6 Å². The van der Waals surface area contributed by atoms with E-state index in [4.69, 9.17) is 14.5 Å². The third-order valence-corrected chi connectivity index (χ3v) is 4.25. The highest BCUT2D eigenvalue weighted by Gasteiger charge is 2.07. The molecule has 7 nitrogen and oxygen atoms in total. The Morgan fingerprint density at radius 3 is 2.59 bits per heavy atom. The first-order chi connectivity index (χ1) is 13.1. The molecule has 0 saturated heterocycles. The van der Waals surface area contributed by atoms with Crippen molar-refractivity contribution in [2.75, 3.05) is 26.9 Å². The summed E-state index contributed by atoms with van der Waals surface area (Å²) in [6, 6.07) is 7.95. The number of aromatic amines is 1. The van der Waals surface area contributed by atoms with Crippen LogP contribution >= 0.6 is 0 Å². The lowest BCUT2D eigenvalue weighted by Crippen LogP contribution is -2.38. The first kappa shape index (κ1) is 20.8. The number of aliphatic imine (C=N–C) groups is 1. The van der Waals surface area contributed by atoms with Crippen molar-refractivity contribution in [1.82, 2.24) is 20.8 Å². The fourth-order valence-electron chi connectivity index (χ4n) is 2.61. The molecule has 1 aromatic heterocycles. The van der Waals surface area contributed by atoms with Crippen molar-refractivity contribution in [3.8, 4) is 5.75 Å². The van der Waals surface area contributed by atoms with Crippen molar-refractivity contribution in [1.29, 1.82) is 0 Å². The summed E-state index contributed by atoms with van der Waals surface area (Å²) in [6.07, 6.45) is 0.931. The molecule has 27 heavy (non-hydrogen) atoms. The Balaban J connectivity index is 1.96. The van der Waals surface area contributed by atoms with Crippen LogP contribution in [0.1, 0.15) is 35.9 Å². The van der Waals surface area contributed by atoms with Crippen LogP contribution in [0.2, 0.25) is 0 Å². The number of benzene rings is 1. The molecule has 2 aromatic rings. The zero-order valence-corrected chi connectivity index (χ0v) is 16.8. The van der Waals surface area contributed by atoms with Gasteiger partial charge < -0.3 is 20.1 Å². The number of aryl methyl sites for hydroxylation is 2. The Kier molecular flexibility index (Phi) is 8.64. The quantitative estimate of drug-likeness (QED) is 0.339. The summed E-state index contributed by atoms with van der Waals surface area (Å²) in [5.41, 5.74) is 4.38. The van der Waals surface area contributed by atoms with Crippen molar-refractivity contribution in [2.24, 2.45) is 4.99 Å². The number of methoxy groups -OCH3 is 1. The van der Waals surface area contributed by atoms with Crippen molar-refractivity contribution >= 4 is 5.96 Å². The van der Waals surface area contributed by atoms with Crippen molar-refractivity contribution < 1.29 is 9.47 Å². The number of rotatable bonds is 10. The molecule has 0 saturated carbocycles. The minimum Gasteiger partial charge on any atom is -0.497 e. The van der Waals surface area contributed by atoms with Gasteiger partial charge in [-0.05, 0) is 44.9 Å². The number of ether oxygens (including phenoxy) is 2. The van der Waals surface area contributed by atoms with Gasteiger partial charge in [-0.1, -0.05) is 12.1 Å². The van der Waals surface area contributed by atoms with Gasteiger partial charge in [0.25, 0.3) is 0 Å². The van der Waals surface area contributed by atoms with Crippen LogP contribution in [0.5, 0.6) is 5.75 Å². The third kappa shape index (κ3) is 6.94. The van der Waals surface area contributed by atoms with E-state index >= 15 is 0 Å². The molecule has 7 heteroatoms. The normalized spacial score (nSPS) is 11.5. The van der Waals surface area contributed by atoms with Crippen molar-refractivity contribution in [3.05, 3.63) is 46.8 Å². The van der Waals surface area contributed by atoms with Gasteiger partial charge in [0.15, 0.2) is 5.96 Å². The molecule has 0 fully saturated rings. The fraction of sp³-hybridized carbons (Fsp3) is 0.500. The van der Waals surface area contributed by atoms with Crippen LogP contribution in [-0.2, 0) is 17.8 Å². The molecule has 0 aliphatic rings. The van der Waals surface area contributed by atoms with E-state index in [1.54, 1.807) is 7.11 Å². The molecule has 2 rings (SSSR count). The second-order valence-corrected chi connectivity index (χ2v) is 6.26. The maximum Gasteiger partial charge on any atom is 0.191 e. The van der Waals surface area contributed by atoms with Gasteiger partial charge >= 0.3 is 0 Å². The summed E-state index contributed by atoms with van der Waals surface area (Å²) in [5, 5.41) is 14.0. The van der Waals surface area contributed by atoms with Gasteiger partial charge in [-0.15, -0.1) is 0 Å². The largest absolute Gasteiger partial charge is 0.497 e. The molecule has 0 unspecified atom stereocenters. The fourth-order valence-corrected chi connectivity index (χ4v) is 2.61. The average molecular weight is 374 g/mol. The molecule has 148 valence electrons. The van der Waals surface area contributed by atoms with Gasteiger partial charge in [-0.25, -0.2) is 4.99 Å². The summed E-state index contributed by atoms with van der Waals surface area (Å²) in [5.74, 6) is 1.63. The number of guanidine groups is 1. The molecule has 3 N–H and O–H groups in total. The number of H-pyrrole nitrogens is 1. The lowest BCUT2D eigenvalue weighted by molar-refractivity contribution is 0.145. The molecule has 0 bridgehead atoms. The van der Waals surface area contributed by atoms with E-state index in [1.807, 2.05) is 45.0 Å². The van der Waals surface area contributed by atoms with Crippen LogP contribution in [0, 0.1) is 13.8 Å². The number of nitrogens with one attached hydrogen (secondary N) is 3. The molecule has 0 spiro atoms. The first-order valence-electron chi connectivity index (χ1n) is 9.37. The van der Waals surface area contributed by atoms with Crippen molar-refractivity contribution in [2.45, 2.75) is 40.3 Å². The standard InChI is InChI=1S/C20H31N5O2/c1-5-27-12-6-11-21-20(23-14-19-15(2)24-25-16(19)3)22-13-17-7-9-18(26-4)10-8-17/h7-10H,5-6,11-14H2,1-4H3,(H,24,25)(H2,21,22,23). The van der Waals surface area contributed by atoms with E-state index in [0.29, 0.717) is 13.1 Å². The summed E-state index contributed by atoms with van der Waals surface area (Å²) in [4.78, 5) is 4.71. The van der Waals surface area contributed by atoms with E-state index in [2.05, 4.69) is 20.8 Å². The maximum absolute atomic E-state index is 5.39. The van der Waals surface area contributed by atoms with Crippen LogP contribution in [-0.4, -0.2) is 43.0 Å². The van der Waals surface area contributed by atoms with Crippen molar-refractivity contribution in [3.63, 3.8) is 0 Å². The summed E-state index contributed by atoms with van der Waals surface area (Å²) >= 11 is 0. The SMILES string of the molecule is CCOCCCNC(=NCc1ccc(OC)cc1)NCc1c(C)n[nH]c1C. The van der Waals surface area contributed by atoms with Gasteiger partial charge in [0.1, 0.15) is 5.75 Å². The Morgan fingerprint density at radius 2 is 1.96 bits per heavy atom. The third-order valence-electron chi connectivity index (χ3n) is 4.25.